The van der Waals surface area contributed by atoms with Gasteiger partial charge >= 0.3 is 6.03 Å². The number of para-hydroxylation sites is 1. The van der Waals surface area contributed by atoms with E-state index in [2.05, 4.69) is 10.2 Å². The standard InChI is InChI=1S/C28H37FN4O2/c1-22-7-5-6-10-26(22)30-28(35)32-18-15-31(16-19-32)17-20-33(21-23-11-13-25(29)14-12-23)27(34)24-8-3-2-4-9-24/h5-7,10-14,24H,2-4,8-9,15-21H2,1H3,(H,30,35). The summed E-state index contributed by atoms with van der Waals surface area (Å²) in [6.07, 6.45) is 5.38. The molecule has 1 aliphatic carbocycles. The SMILES string of the molecule is Cc1ccccc1NC(=O)N1CCN(CCN(Cc2ccc(F)cc2)C(=O)C2CCCCC2)CC1. The van der Waals surface area contributed by atoms with E-state index in [1.54, 1.807) is 12.1 Å². The quantitative estimate of drug-likeness (QED) is 0.614. The lowest BCUT2D eigenvalue weighted by atomic mass is 9.88. The third-order valence-corrected chi connectivity index (χ3v) is 7.29. The van der Waals surface area contributed by atoms with Gasteiger partial charge in [0, 0.05) is 57.4 Å². The van der Waals surface area contributed by atoms with Crippen LogP contribution in [-0.4, -0.2) is 65.9 Å². The summed E-state index contributed by atoms with van der Waals surface area (Å²) < 4.78 is 13.4. The summed E-state index contributed by atoms with van der Waals surface area (Å²) in [5.74, 6) is 0.0692. The van der Waals surface area contributed by atoms with E-state index in [0.717, 1.165) is 62.1 Å². The van der Waals surface area contributed by atoms with Crippen LogP contribution in [-0.2, 0) is 11.3 Å². The predicted octanol–water partition coefficient (Wildman–Crippen LogP) is 4.89. The first-order valence-electron chi connectivity index (χ1n) is 12.9. The molecule has 188 valence electrons. The van der Waals surface area contributed by atoms with Crippen LogP contribution in [0.2, 0.25) is 0 Å². The number of benzene rings is 2. The number of nitrogens with zero attached hydrogens (tertiary/aromatic N) is 3. The highest BCUT2D eigenvalue weighted by molar-refractivity contribution is 5.90. The molecule has 1 saturated heterocycles. The van der Waals surface area contributed by atoms with E-state index in [1.165, 1.54) is 18.6 Å². The molecule has 3 amide bonds. The van der Waals surface area contributed by atoms with Crippen LogP contribution in [0.3, 0.4) is 0 Å². The molecule has 7 heteroatoms. The first-order valence-corrected chi connectivity index (χ1v) is 12.9. The van der Waals surface area contributed by atoms with Crippen molar-refractivity contribution in [3.8, 4) is 0 Å². The molecule has 0 unspecified atom stereocenters. The highest BCUT2D eigenvalue weighted by Crippen LogP contribution is 2.26. The molecule has 0 bridgehead atoms. The number of hydrogen-bond acceptors (Lipinski definition) is 3. The summed E-state index contributed by atoms with van der Waals surface area (Å²) in [4.78, 5) is 32.2. The van der Waals surface area contributed by atoms with Crippen molar-refractivity contribution in [2.75, 3.05) is 44.6 Å². The van der Waals surface area contributed by atoms with E-state index in [-0.39, 0.29) is 23.7 Å². The Labute approximate surface area is 208 Å². The van der Waals surface area contributed by atoms with Gasteiger partial charge in [-0.3, -0.25) is 9.69 Å². The van der Waals surface area contributed by atoms with E-state index in [9.17, 15) is 14.0 Å². The zero-order chi connectivity index (χ0) is 24.6. The van der Waals surface area contributed by atoms with Crippen molar-refractivity contribution in [2.24, 2.45) is 5.92 Å². The predicted molar refractivity (Wildman–Crippen MR) is 137 cm³/mol. The summed E-state index contributed by atoms with van der Waals surface area (Å²) in [6.45, 7) is 6.79. The highest BCUT2D eigenvalue weighted by atomic mass is 19.1. The Morgan fingerprint density at radius 3 is 2.34 bits per heavy atom. The van der Waals surface area contributed by atoms with Gasteiger partial charge < -0.3 is 15.1 Å². The van der Waals surface area contributed by atoms with Gasteiger partial charge in [0.05, 0.1) is 0 Å². The smallest absolute Gasteiger partial charge is 0.321 e. The molecule has 0 aromatic heterocycles. The van der Waals surface area contributed by atoms with Gasteiger partial charge in [-0.15, -0.1) is 0 Å². The van der Waals surface area contributed by atoms with Crippen molar-refractivity contribution < 1.29 is 14.0 Å². The van der Waals surface area contributed by atoms with Crippen LogP contribution in [0.15, 0.2) is 48.5 Å². The average molecular weight is 481 g/mol. The van der Waals surface area contributed by atoms with E-state index >= 15 is 0 Å². The summed E-state index contributed by atoms with van der Waals surface area (Å²) >= 11 is 0. The number of nitrogens with one attached hydrogen (secondary N) is 1. The van der Waals surface area contributed by atoms with Crippen molar-refractivity contribution in [3.05, 3.63) is 65.5 Å². The number of anilines is 1. The fourth-order valence-corrected chi connectivity index (χ4v) is 5.03. The lowest BCUT2D eigenvalue weighted by Gasteiger charge is -2.36. The van der Waals surface area contributed by atoms with Gasteiger partial charge in [0.1, 0.15) is 5.82 Å². The molecule has 35 heavy (non-hydrogen) atoms. The van der Waals surface area contributed by atoms with Crippen molar-refractivity contribution in [2.45, 2.75) is 45.6 Å². The zero-order valence-corrected chi connectivity index (χ0v) is 20.7. The van der Waals surface area contributed by atoms with E-state index in [4.69, 9.17) is 0 Å². The molecule has 1 saturated carbocycles. The lowest BCUT2D eigenvalue weighted by molar-refractivity contribution is -0.137. The Bertz CT molecular complexity index is 983. The number of carbonyl (C=O) groups excluding carboxylic acids is 2. The van der Waals surface area contributed by atoms with Crippen molar-refractivity contribution in [1.29, 1.82) is 0 Å². The monoisotopic (exact) mass is 480 g/mol. The third kappa shape index (κ3) is 7.04. The molecule has 2 aromatic carbocycles. The van der Waals surface area contributed by atoms with Gasteiger partial charge in [0.15, 0.2) is 0 Å². The molecule has 2 aromatic rings. The highest BCUT2D eigenvalue weighted by Gasteiger charge is 2.27. The molecule has 0 radical (unpaired) electrons. The average Bonchev–Trinajstić information content (AvgIpc) is 2.89. The number of rotatable bonds is 7. The number of hydrogen-bond donors (Lipinski definition) is 1. The molecule has 0 spiro atoms. The Morgan fingerprint density at radius 1 is 0.971 bits per heavy atom. The molecule has 2 aliphatic rings. The minimum absolute atomic E-state index is 0.0654. The van der Waals surface area contributed by atoms with Crippen molar-refractivity contribution in [3.63, 3.8) is 0 Å². The number of urea groups is 1. The largest absolute Gasteiger partial charge is 0.337 e. The number of piperazine rings is 1. The molecule has 1 aliphatic heterocycles. The van der Waals surface area contributed by atoms with Gasteiger partial charge in [-0.25, -0.2) is 9.18 Å². The molecule has 2 fully saturated rings. The van der Waals surface area contributed by atoms with Crippen LogP contribution in [0, 0.1) is 18.7 Å². The van der Waals surface area contributed by atoms with Crippen LogP contribution in [0.5, 0.6) is 0 Å². The van der Waals surface area contributed by atoms with Crippen molar-refractivity contribution >= 4 is 17.6 Å². The third-order valence-electron chi connectivity index (χ3n) is 7.29. The molecule has 1 heterocycles. The number of aryl methyl sites for hydroxylation is 1. The Kier molecular flexibility index (Phi) is 8.74. The first-order chi connectivity index (χ1) is 17.0. The molecule has 6 nitrogen and oxygen atoms in total. The molecular formula is C28H37FN4O2. The van der Waals surface area contributed by atoms with Gasteiger partial charge in [0.2, 0.25) is 5.91 Å². The Hall–Kier alpha value is -2.93. The summed E-state index contributed by atoms with van der Waals surface area (Å²) in [7, 11) is 0. The maximum atomic E-state index is 13.4. The van der Waals surface area contributed by atoms with Crippen LogP contribution >= 0.6 is 0 Å². The Balaban J connectivity index is 1.30. The lowest BCUT2D eigenvalue weighted by Crippen LogP contribution is -2.52. The fraction of sp³-hybridized carbons (Fsp3) is 0.500. The minimum atomic E-state index is -0.261. The maximum absolute atomic E-state index is 13.4. The number of halogens is 1. The van der Waals surface area contributed by atoms with E-state index in [0.29, 0.717) is 26.2 Å². The summed E-state index contributed by atoms with van der Waals surface area (Å²) in [5.41, 5.74) is 2.84. The second-order valence-electron chi connectivity index (χ2n) is 9.79. The van der Waals surface area contributed by atoms with Crippen LogP contribution in [0.25, 0.3) is 0 Å². The second kappa shape index (κ2) is 12.2. The van der Waals surface area contributed by atoms with Crippen LogP contribution < -0.4 is 5.32 Å². The van der Waals surface area contributed by atoms with E-state index < -0.39 is 0 Å². The van der Waals surface area contributed by atoms with Crippen molar-refractivity contribution in [1.82, 2.24) is 14.7 Å². The van der Waals surface area contributed by atoms with Gasteiger partial charge in [-0.2, -0.15) is 0 Å². The fourth-order valence-electron chi connectivity index (χ4n) is 5.03. The normalized spacial score (nSPS) is 17.3. The molecular weight excluding hydrogens is 443 g/mol. The number of carbonyl (C=O) groups is 2. The first kappa shape index (κ1) is 25.2. The second-order valence-corrected chi connectivity index (χ2v) is 9.79. The van der Waals surface area contributed by atoms with Gasteiger partial charge in [-0.05, 0) is 49.1 Å². The molecule has 0 atom stereocenters. The number of amides is 3. The van der Waals surface area contributed by atoms with Crippen LogP contribution in [0.4, 0.5) is 14.9 Å². The summed E-state index contributed by atoms with van der Waals surface area (Å²) in [6, 6.07) is 14.2. The van der Waals surface area contributed by atoms with Gasteiger partial charge in [0.25, 0.3) is 0 Å². The maximum Gasteiger partial charge on any atom is 0.321 e. The topological polar surface area (TPSA) is 55.9 Å². The molecule has 4 rings (SSSR count). The Morgan fingerprint density at radius 2 is 1.66 bits per heavy atom. The van der Waals surface area contributed by atoms with Crippen LogP contribution in [0.1, 0.15) is 43.2 Å². The zero-order valence-electron chi connectivity index (χ0n) is 20.7. The van der Waals surface area contributed by atoms with Gasteiger partial charge in [-0.1, -0.05) is 49.6 Å². The minimum Gasteiger partial charge on any atom is -0.337 e. The van der Waals surface area contributed by atoms with E-state index in [1.807, 2.05) is 41.0 Å². The summed E-state index contributed by atoms with van der Waals surface area (Å²) in [5, 5.41) is 3.02. The molecule has 1 N–H and O–H groups in total.